The number of hydrogen-bond acceptors (Lipinski definition) is 4. The molecule has 1 unspecified atom stereocenters. The van der Waals surface area contributed by atoms with Gasteiger partial charge in [-0.2, -0.15) is 0 Å². The minimum Gasteiger partial charge on any atom is -0.497 e. The molecular formula is C18H21NO3. The van der Waals surface area contributed by atoms with Gasteiger partial charge in [-0.1, -0.05) is 42.5 Å². The van der Waals surface area contributed by atoms with Crippen LogP contribution < -0.4 is 9.80 Å². The van der Waals surface area contributed by atoms with Crippen LogP contribution in [0, 0.1) is 0 Å². The van der Waals surface area contributed by atoms with Gasteiger partial charge in [-0.05, 0) is 29.8 Å². The smallest absolute Gasteiger partial charge is 0.118 e. The van der Waals surface area contributed by atoms with Gasteiger partial charge in [0.15, 0.2) is 0 Å². The monoisotopic (exact) mass is 299 g/mol. The first-order valence-electron chi connectivity index (χ1n) is 7.09. The molecule has 2 rings (SSSR count). The van der Waals surface area contributed by atoms with Crippen molar-refractivity contribution in [2.24, 2.45) is 0 Å². The fraction of sp³-hybridized carbons (Fsp3) is 0.222. The van der Waals surface area contributed by atoms with Gasteiger partial charge in [-0.3, -0.25) is 5.21 Å². The summed E-state index contributed by atoms with van der Waals surface area (Å²) < 4.78 is 10.2. The van der Waals surface area contributed by atoms with Crippen molar-refractivity contribution in [2.45, 2.75) is 6.04 Å². The third-order valence-electron chi connectivity index (χ3n) is 3.32. The largest absolute Gasteiger partial charge is 0.497 e. The quantitative estimate of drug-likeness (QED) is 0.623. The molecule has 0 saturated heterocycles. The number of para-hydroxylation sites is 1. The van der Waals surface area contributed by atoms with Crippen molar-refractivity contribution >= 4 is 5.69 Å². The highest BCUT2D eigenvalue weighted by atomic mass is 16.5. The second-order valence-electron chi connectivity index (χ2n) is 4.78. The lowest BCUT2D eigenvalue weighted by Gasteiger charge is -2.26. The van der Waals surface area contributed by atoms with Crippen molar-refractivity contribution in [3.05, 3.63) is 72.3 Å². The van der Waals surface area contributed by atoms with Crippen LogP contribution >= 0.6 is 0 Å². The van der Waals surface area contributed by atoms with Gasteiger partial charge in [0.2, 0.25) is 0 Å². The molecule has 0 amide bonds. The molecule has 1 N–H and O–H groups in total. The standard InChI is InChI=1S/C18H21NO3/c1-21-14-6-9-18(15-10-12-17(22-2)13-11-15)19(20)16-7-4-3-5-8-16/h3-13,18,20H,14H2,1-2H3/b9-6+. The van der Waals surface area contributed by atoms with E-state index in [9.17, 15) is 5.21 Å². The molecule has 0 radical (unpaired) electrons. The number of hydrogen-bond donors (Lipinski definition) is 1. The summed E-state index contributed by atoms with van der Waals surface area (Å²) in [5.41, 5.74) is 1.69. The van der Waals surface area contributed by atoms with E-state index in [1.807, 2.05) is 66.7 Å². The van der Waals surface area contributed by atoms with E-state index in [0.717, 1.165) is 17.0 Å². The number of benzene rings is 2. The van der Waals surface area contributed by atoms with E-state index < -0.39 is 0 Å². The maximum atomic E-state index is 10.6. The summed E-state index contributed by atoms with van der Waals surface area (Å²) in [6, 6.07) is 16.8. The molecule has 0 aliphatic heterocycles. The molecular weight excluding hydrogens is 278 g/mol. The fourth-order valence-electron chi connectivity index (χ4n) is 2.16. The minimum atomic E-state index is -0.302. The summed E-state index contributed by atoms with van der Waals surface area (Å²) in [6.07, 6.45) is 3.80. The van der Waals surface area contributed by atoms with E-state index in [0.29, 0.717) is 6.61 Å². The Labute approximate surface area is 131 Å². The van der Waals surface area contributed by atoms with Crippen LogP contribution in [0.2, 0.25) is 0 Å². The Morgan fingerprint density at radius 1 is 1.05 bits per heavy atom. The molecule has 0 aliphatic carbocycles. The minimum absolute atomic E-state index is 0.302. The van der Waals surface area contributed by atoms with Crippen LogP contribution in [0.15, 0.2) is 66.7 Å². The average Bonchev–Trinajstić information content (AvgIpc) is 2.59. The summed E-state index contributed by atoms with van der Waals surface area (Å²) >= 11 is 0. The van der Waals surface area contributed by atoms with Crippen LogP contribution in [0.25, 0.3) is 0 Å². The third kappa shape index (κ3) is 4.10. The predicted molar refractivity (Wildman–Crippen MR) is 87.5 cm³/mol. The molecule has 0 saturated carbocycles. The lowest BCUT2D eigenvalue weighted by molar-refractivity contribution is 0.226. The van der Waals surface area contributed by atoms with Crippen molar-refractivity contribution in [2.75, 3.05) is 25.9 Å². The van der Waals surface area contributed by atoms with E-state index in [4.69, 9.17) is 9.47 Å². The zero-order valence-electron chi connectivity index (χ0n) is 12.8. The summed E-state index contributed by atoms with van der Waals surface area (Å²) in [7, 11) is 3.27. The molecule has 2 aromatic rings. The number of rotatable bonds is 7. The Bertz CT molecular complexity index is 581. The molecule has 4 heteroatoms. The molecule has 0 aromatic heterocycles. The van der Waals surface area contributed by atoms with Crippen LogP contribution in [0.3, 0.4) is 0 Å². The van der Waals surface area contributed by atoms with Gasteiger partial charge in [0.25, 0.3) is 0 Å². The Morgan fingerprint density at radius 2 is 1.73 bits per heavy atom. The molecule has 0 bridgehead atoms. The normalized spacial score (nSPS) is 12.3. The summed E-state index contributed by atoms with van der Waals surface area (Å²) in [6.45, 7) is 0.495. The highest BCUT2D eigenvalue weighted by molar-refractivity contribution is 5.47. The number of nitrogens with zero attached hydrogens (tertiary/aromatic N) is 1. The van der Waals surface area contributed by atoms with Gasteiger partial charge >= 0.3 is 0 Å². The van der Waals surface area contributed by atoms with Gasteiger partial charge in [0.1, 0.15) is 5.75 Å². The van der Waals surface area contributed by atoms with Gasteiger partial charge in [-0.25, -0.2) is 5.06 Å². The Kier molecular flexibility index (Phi) is 6.01. The lowest BCUT2D eigenvalue weighted by Crippen LogP contribution is -2.23. The van der Waals surface area contributed by atoms with Crippen LogP contribution in [0.4, 0.5) is 5.69 Å². The van der Waals surface area contributed by atoms with Crippen molar-refractivity contribution < 1.29 is 14.7 Å². The molecule has 4 nitrogen and oxygen atoms in total. The predicted octanol–water partition coefficient (Wildman–Crippen LogP) is 3.83. The van der Waals surface area contributed by atoms with Crippen LogP contribution in [-0.2, 0) is 4.74 Å². The first kappa shape index (κ1) is 16.1. The Balaban J connectivity index is 2.28. The Hall–Kier alpha value is -2.30. The van der Waals surface area contributed by atoms with Crippen molar-refractivity contribution in [3.8, 4) is 5.75 Å². The molecule has 0 spiro atoms. The first-order chi connectivity index (χ1) is 10.8. The number of hydroxylamine groups is 1. The molecule has 0 aliphatic rings. The third-order valence-corrected chi connectivity index (χ3v) is 3.32. The zero-order chi connectivity index (χ0) is 15.8. The van der Waals surface area contributed by atoms with Crippen molar-refractivity contribution in [3.63, 3.8) is 0 Å². The van der Waals surface area contributed by atoms with E-state index in [2.05, 4.69) is 0 Å². The van der Waals surface area contributed by atoms with E-state index in [1.54, 1.807) is 14.2 Å². The maximum Gasteiger partial charge on any atom is 0.118 e. The molecule has 22 heavy (non-hydrogen) atoms. The van der Waals surface area contributed by atoms with Gasteiger partial charge in [0.05, 0.1) is 25.4 Å². The second kappa shape index (κ2) is 8.22. The number of anilines is 1. The topological polar surface area (TPSA) is 41.9 Å². The summed E-state index contributed by atoms with van der Waals surface area (Å²) in [5, 5.41) is 11.8. The van der Waals surface area contributed by atoms with E-state index in [1.165, 1.54) is 5.06 Å². The number of ether oxygens (including phenoxy) is 2. The van der Waals surface area contributed by atoms with Crippen LogP contribution in [-0.4, -0.2) is 26.0 Å². The van der Waals surface area contributed by atoms with Crippen LogP contribution in [0.5, 0.6) is 5.75 Å². The molecule has 116 valence electrons. The highest BCUT2D eigenvalue weighted by Gasteiger charge is 2.16. The molecule has 0 heterocycles. The van der Waals surface area contributed by atoms with Crippen molar-refractivity contribution in [1.82, 2.24) is 0 Å². The second-order valence-corrected chi connectivity index (χ2v) is 4.78. The average molecular weight is 299 g/mol. The van der Waals surface area contributed by atoms with E-state index >= 15 is 0 Å². The highest BCUT2D eigenvalue weighted by Crippen LogP contribution is 2.27. The molecule has 1 atom stereocenters. The summed E-state index contributed by atoms with van der Waals surface area (Å²) in [5.74, 6) is 0.785. The van der Waals surface area contributed by atoms with Gasteiger partial charge in [-0.15, -0.1) is 0 Å². The number of methoxy groups -OCH3 is 2. The molecule has 0 fully saturated rings. The fourth-order valence-corrected chi connectivity index (χ4v) is 2.16. The van der Waals surface area contributed by atoms with Gasteiger partial charge < -0.3 is 9.47 Å². The van der Waals surface area contributed by atoms with E-state index in [-0.39, 0.29) is 6.04 Å². The van der Waals surface area contributed by atoms with Crippen molar-refractivity contribution in [1.29, 1.82) is 0 Å². The molecule has 2 aromatic carbocycles. The lowest BCUT2D eigenvalue weighted by atomic mass is 10.1. The maximum absolute atomic E-state index is 10.6. The Morgan fingerprint density at radius 3 is 2.32 bits per heavy atom. The SMILES string of the molecule is COC/C=C/C(c1ccc(OC)cc1)N(O)c1ccccc1. The zero-order valence-corrected chi connectivity index (χ0v) is 12.8. The first-order valence-corrected chi connectivity index (χ1v) is 7.09. The van der Waals surface area contributed by atoms with Crippen LogP contribution in [0.1, 0.15) is 11.6 Å². The summed E-state index contributed by atoms with van der Waals surface area (Å²) in [4.78, 5) is 0. The van der Waals surface area contributed by atoms with Gasteiger partial charge in [0, 0.05) is 7.11 Å².